The van der Waals surface area contributed by atoms with E-state index < -0.39 is 0 Å². The van der Waals surface area contributed by atoms with E-state index >= 15 is 0 Å². The van der Waals surface area contributed by atoms with Gasteiger partial charge in [-0.05, 0) is 19.1 Å². The topological polar surface area (TPSA) is 60.0 Å². The number of carbonyl (C=O) groups is 1. The zero-order valence-corrected chi connectivity index (χ0v) is 14.1. The van der Waals surface area contributed by atoms with Gasteiger partial charge in [0, 0.05) is 30.7 Å². The summed E-state index contributed by atoms with van der Waals surface area (Å²) < 4.78 is 16.2. The van der Waals surface area contributed by atoms with Crippen molar-refractivity contribution in [1.82, 2.24) is 10.2 Å². The minimum atomic E-state index is -0.0820. The summed E-state index contributed by atoms with van der Waals surface area (Å²) in [4.78, 5) is 14.4. The van der Waals surface area contributed by atoms with Crippen molar-refractivity contribution in [2.75, 3.05) is 44.5 Å². The van der Waals surface area contributed by atoms with E-state index in [1.165, 1.54) is 0 Å². The van der Waals surface area contributed by atoms with E-state index in [0.29, 0.717) is 24.7 Å². The summed E-state index contributed by atoms with van der Waals surface area (Å²) >= 11 is 1.94. The molecule has 1 aromatic rings. The van der Waals surface area contributed by atoms with Crippen LogP contribution in [-0.2, 0) is 4.79 Å². The monoisotopic (exact) mass is 338 g/mol. The first-order valence-electron chi connectivity index (χ1n) is 7.86. The molecule has 1 N–H and O–H groups in total. The third kappa shape index (κ3) is 4.23. The standard InChI is InChI=1S/C16H22N2O4S/c1-12(18-5-8-23-9-6-18)16(19)17-4-7-20-13-2-3-14-15(10-13)22-11-21-14/h2-3,10,12H,4-9,11H2,1H3,(H,17,19)/t12-/m1/s1. The molecule has 0 aromatic heterocycles. The highest BCUT2D eigenvalue weighted by molar-refractivity contribution is 7.99. The molecule has 23 heavy (non-hydrogen) atoms. The molecule has 0 spiro atoms. The van der Waals surface area contributed by atoms with Crippen LogP contribution in [0.25, 0.3) is 0 Å². The molecule has 2 aliphatic rings. The molecular formula is C16H22N2O4S. The number of thioether (sulfide) groups is 1. The lowest BCUT2D eigenvalue weighted by Crippen LogP contribution is -2.48. The van der Waals surface area contributed by atoms with Crippen molar-refractivity contribution in [3.8, 4) is 17.2 Å². The predicted molar refractivity (Wildman–Crippen MR) is 89.4 cm³/mol. The molecule has 3 rings (SSSR count). The summed E-state index contributed by atoms with van der Waals surface area (Å²) in [6.07, 6.45) is 0. The van der Waals surface area contributed by atoms with Crippen molar-refractivity contribution in [1.29, 1.82) is 0 Å². The van der Waals surface area contributed by atoms with Gasteiger partial charge in [-0.25, -0.2) is 0 Å². The van der Waals surface area contributed by atoms with Gasteiger partial charge < -0.3 is 19.5 Å². The Morgan fingerprint density at radius 1 is 1.35 bits per heavy atom. The molecule has 0 radical (unpaired) electrons. The predicted octanol–water partition coefficient (Wildman–Crippen LogP) is 1.35. The van der Waals surface area contributed by atoms with Crippen molar-refractivity contribution in [2.24, 2.45) is 0 Å². The van der Waals surface area contributed by atoms with Crippen LogP contribution in [0.1, 0.15) is 6.92 Å². The molecule has 0 aliphatic carbocycles. The number of fused-ring (bicyclic) bond motifs is 1. The Morgan fingerprint density at radius 3 is 2.96 bits per heavy atom. The Morgan fingerprint density at radius 2 is 2.13 bits per heavy atom. The van der Waals surface area contributed by atoms with Crippen molar-refractivity contribution in [3.63, 3.8) is 0 Å². The van der Waals surface area contributed by atoms with Crippen LogP contribution in [0.3, 0.4) is 0 Å². The molecule has 2 heterocycles. The minimum absolute atomic E-state index is 0.0613. The van der Waals surface area contributed by atoms with Crippen molar-refractivity contribution in [2.45, 2.75) is 13.0 Å². The second-order valence-electron chi connectivity index (χ2n) is 5.48. The molecule has 6 nitrogen and oxygen atoms in total. The van der Waals surface area contributed by atoms with Gasteiger partial charge in [0.25, 0.3) is 0 Å². The normalized spacial score (nSPS) is 18.5. The van der Waals surface area contributed by atoms with Gasteiger partial charge in [-0.1, -0.05) is 0 Å². The van der Waals surface area contributed by atoms with E-state index in [-0.39, 0.29) is 18.7 Å². The Kier molecular flexibility index (Phi) is 5.51. The Bertz CT molecular complexity index is 549. The van der Waals surface area contributed by atoms with Crippen LogP contribution in [0.5, 0.6) is 17.2 Å². The quantitative estimate of drug-likeness (QED) is 0.790. The van der Waals surface area contributed by atoms with E-state index in [9.17, 15) is 4.79 Å². The molecule has 1 amide bonds. The first-order valence-corrected chi connectivity index (χ1v) is 9.01. The fourth-order valence-electron chi connectivity index (χ4n) is 2.59. The van der Waals surface area contributed by atoms with Crippen LogP contribution >= 0.6 is 11.8 Å². The van der Waals surface area contributed by atoms with Gasteiger partial charge >= 0.3 is 0 Å². The minimum Gasteiger partial charge on any atom is -0.492 e. The number of ether oxygens (including phenoxy) is 3. The third-order valence-corrected chi connectivity index (χ3v) is 4.93. The van der Waals surface area contributed by atoms with E-state index in [2.05, 4.69) is 10.2 Å². The highest BCUT2D eigenvalue weighted by Crippen LogP contribution is 2.34. The van der Waals surface area contributed by atoms with Crippen molar-refractivity contribution < 1.29 is 19.0 Å². The maximum absolute atomic E-state index is 12.2. The Labute approximate surface area is 140 Å². The lowest BCUT2D eigenvalue weighted by Gasteiger charge is -2.31. The SMILES string of the molecule is C[C@H](C(=O)NCCOc1ccc2c(c1)OCO2)N1CCSCC1. The second-order valence-corrected chi connectivity index (χ2v) is 6.70. The van der Waals surface area contributed by atoms with E-state index in [0.717, 1.165) is 30.3 Å². The van der Waals surface area contributed by atoms with Crippen molar-refractivity contribution >= 4 is 17.7 Å². The van der Waals surface area contributed by atoms with Gasteiger partial charge in [-0.2, -0.15) is 11.8 Å². The number of nitrogens with zero attached hydrogens (tertiary/aromatic N) is 1. The largest absolute Gasteiger partial charge is 0.492 e. The van der Waals surface area contributed by atoms with Gasteiger partial charge in [0.1, 0.15) is 12.4 Å². The number of hydrogen-bond acceptors (Lipinski definition) is 6. The van der Waals surface area contributed by atoms with Crippen LogP contribution in [0.2, 0.25) is 0 Å². The van der Waals surface area contributed by atoms with Crippen LogP contribution in [0, 0.1) is 0 Å². The summed E-state index contributed by atoms with van der Waals surface area (Å²) in [5.74, 6) is 4.41. The number of nitrogens with one attached hydrogen (secondary N) is 1. The number of carbonyl (C=O) groups excluding carboxylic acids is 1. The molecule has 1 saturated heterocycles. The molecule has 0 unspecified atom stereocenters. The van der Waals surface area contributed by atoms with Gasteiger partial charge in [-0.15, -0.1) is 0 Å². The first kappa shape index (κ1) is 16.3. The molecular weight excluding hydrogens is 316 g/mol. The fourth-order valence-corrected chi connectivity index (χ4v) is 3.52. The molecule has 1 atom stereocenters. The molecule has 1 aromatic carbocycles. The molecule has 2 aliphatic heterocycles. The lowest BCUT2D eigenvalue weighted by atomic mass is 10.2. The number of amides is 1. The van der Waals surface area contributed by atoms with Crippen LogP contribution < -0.4 is 19.5 Å². The smallest absolute Gasteiger partial charge is 0.237 e. The highest BCUT2D eigenvalue weighted by Gasteiger charge is 2.22. The summed E-state index contributed by atoms with van der Waals surface area (Å²) in [6.45, 7) is 5.08. The van der Waals surface area contributed by atoms with E-state index in [1.807, 2.05) is 30.8 Å². The molecule has 0 saturated carbocycles. The van der Waals surface area contributed by atoms with Crippen LogP contribution in [-0.4, -0.2) is 61.4 Å². The Balaban J connectivity index is 1.38. The van der Waals surface area contributed by atoms with Crippen LogP contribution in [0.4, 0.5) is 0 Å². The van der Waals surface area contributed by atoms with E-state index in [4.69, 9.17) is 14.2 Å². The molecule has 126 valence electrons. The van der Waals surface area contributed by atoms with Crippen LogP contribution in [0.15, 0.2) is 18.2 Å². The molecule has 1 fully saturated rings. The third-order valence-electron chi connectivity index (χ3n) is 3.99. The number of rotatable bonds is 6. The van der Waals surface area contributed by atoms with Gasteiger partial charge in [0.05, 0.1) is 12.6 Å². The lowest BCUT2D eigenvalue weighted by molar-refractivity contribution is -0.125. The number of hydrogen-bond donors (Lipinski definition) is 1. The van der Waals surface area contributed by atoms with E-state index in [1.54, 1.807) is 6.07 Å². The fraction of sp³-hybridized carbons (Fsp3) is 0.562. The average Bonchev–Trinajstić information content (AvgIpc) is 3.06. The maximum atomic E-state index is 12.2. The summed E-state index contributed by atoms with van der Waals surface area (Å²) in [6, 6.07) is 5.38. The highest BCUT2D eigenvalue weighted by atomic mass is 32.2. The number of benzene rings is 1. The van der Waals surface area contributed by atoms with Crippen molar-refractivity contribution in [3.05, 3.63) is 18.2 Å². The first-order chi connectivity index (χ1) is 11.2. The zero-order valence-electron chi connectivity index (χ0n) is 13.2. The summed E-state index contributed by atoms with van der Waals surface area (Å²) in [5, 5.41) is 2.93. The maximum Gasteiger partial charge on any atom is 0.237 e. The second kappa shape index (κ2) is 7.79. The molecule has 7 heteroatoms. The van der Waals surface area contributed by atoms with Gasteiger partial charge in [0.15, 0.2) is 11.5 Å². The van der Waals surface area contributed by atoms with Gasteiger partial charge in [0.2, 0.25) is 12.7 Å². The summed E-state index contributed by atoms with van der Waals surface area (Å²) in [5.41, 5.74) is 0. The Hall–Kier alpha value is -1.60. The van der Waals surface area contributed by atoms with Gasteiger partial charge in [-0.3, -0.25) is 9.69 Å². The summed E-state index contributed by atoms with van der Waals surface area (Å²) in [7, 11) is 0. The molecule has 0 bridgehead atoms. The average molecular weight is 338 g/mol. The zero-order chi connectivity index (χ0) is 16.1.